The molecule has 1 aromatic carbocycles. The smallest absolute Gasteiger partial charge is 0.125 e. The van der Waals surface area contributed by atoms with Gasteiger partial charge >= 0.3 is 0 Å². The van der Waals surface area contributed by atoms with E-state index in [9.17, 15) is 0 Å². The third-order valence-corrected chi connectivity index (χ3v) is 3.37. The van der Waals surface area contributed by atoms with Crippen molar-refractivity contribution >= 4 is 0 Å². The highest BCUT2D eigenvalue weighted by molar-refractivity contribution is 5.47. The van der Waals surface area contributed by atoms with Crippen LogP contribution in [0, 0.1) is 13.8 Å². The van der Waals surface area contributed by atoms with Crippen LogP contribution >= 0.6 is 0 Å². The summed E-state index contributed by atoms with van der Waals surface area (Å²) < 4.78 is 5.77. The Morgan fingerprint density at radius 3 is 2.93 bits per heavy atom. The zero-order chi connectivity index (χ0) is 10.8. The zero-order valence-electron chi connectivity index (χ0n) is 9.55. The lowest BCUT2D eigenvalue weighted by atomic mass is 9.88. The van der Waals surface area contributed by atoms with E-state index in [2.05, 4.69) is 26.0 Å². The van der Waals surface area contributed by atoms with Gasteiger partial charge in [0.15, 0.2) is 0 Å². The Kier molecular flexibility index (Phi) is 2.96. The lowest BCUT2D eigenvalue weighted by Crippen LogP contribution is -2.18. The average molecular weight is 205 g/mol. The minimum Gasteiger partial charge on any atom is -0.493 e. The summed E-state index contributed by atoms with van der Waals surface area (Å²) in [6.45, 7) is 5.86. The van der Waals surface area contributed by atoms with Crippen LogP contribution < -0.4 is 10.5 Å². The first kappa shape index (κ1) is 10.5. The number of ether oxygens (including phenoxy) is 1. The topological polar surface area (TPSA) is 35.2 Å². The summed E-state index contributed by atoms with van der Waals surface area (Å²) in [5.41, 5.74) is 9.59. The van der Waals surface area contributed by atoms with Crippen LogP contribution in [0.3, 0.4) is 0 Å². The monoisotopic (exact) mass is 205 g/mol. The molecule has 1 atom stereocenters. The first-order valence-electron chi connectivity index (χ1n) is 5.67. The molecule has 0 spiro atoms. The van der Waals surface area contributed by atoms with Gasteiger partial charge in [-0.1, -0.05) is 12.1 Å². The molecule has 2 heteroatoms. The molecule has 0 bridgehead atoms. The second-order valence-electron chi connectivity index (χ2n) is 4.34. The fourth-order valence-electron chi connectivity index (χ4n) is 2.28. The fourth-order valence-corrected chi connectivity index (χ4v) is 2.28. The molecule has 0 amide bonds. The van der Waals surface area contributed by atoms with Crippen molar-refractivity contribution in [1.82, 2.24) is 0 Å². The summed E-state index contributed by atoms with van der Waals surface area (Å²) in [6, 6.07) is 4.39. The molecule has 0 saturated heterocycles. The van der Waals surface area contributed by atoms with Crippen LogP contribution in [0.1, 0.15) is 35.4 Å². The number of fused-ring (bicyclic) bond motifs is 1. The summed E-state index contributed by atoms with van der Waals surface area (Å²) in [6.07, 6.45) is 2.17. The van der Waals surface area contributed by atoms with E-state index in [1.807, 2.05) is 0 Å². The van der Waals surface area contributed by atoms with Gasteiger partial charge in [-0.05, 0) is 55.8 Å². The fraction of sp³-hybridized carbons (Fsp3) is 0.538. The van der Waals surface area contributed by atoms with E-state index in [0.29, 0.717) is 5.92 Å². The highest BCUT2D eigenvalue weighted by atomic mass is 16.5. The van der Waals surface area contributed by atoms with Crippen LogP contribution in [-0.2, 0) is 0 Å². The third kappa shape index (κ3) is 1.86. The van der Waals surface area contributed by atoms with Crippen LogP contribution in [0.2, 0.25) is 0 Å². The Labute approximate surface area is 91.4 Å². The number of benzene rings is 1. The minimum atomic E-state index is 0.595. The molecule has 82 valence electrons. The predicted molar refractivity (Wildman–Crippen MR) is 62.4 cm³/mol. The number of nitrogens with two attached hydrogens (primary N) is 1. The van der Waals surface area contributed by atoms with E-state index >= 15 is 0 Å². The number of rotatable bonds is 2. The van der Waals surface area contributed by atoms with Crippen LogP contribution in [0.25, 0.3) is 0 Å². The standard InChI is InChI=1S/C13H19NO/c1-9-3-4-12-11(5-7-14)6-8-15-13(12)10(9)2/h3-4,11H,5-8,14H2,1-2H3. The maximum atomic E-state index is 5.77. The van der Waals surface area contributed by atoms with Gasteiger partial charge < -0.3 is 10.5 Å². The molecule has 2 rings (SSSR count). The molecular weight excluding hydrogens is 186 g/mol. The summed E-state index contributed by atoms with van der Waals surface area (Å²) in [7, 11) is 0. The normalized spacial score (nSPS) is 19.5. The Balaban J connectivity index is 2.40. The van der Waals surface area contributed by atoms with E-state index < -0.39 is 0 Å². The summed E-state index contributed by atoms with van der Waals surface area (Å²) in [5, 5.41) is 0. The lowest BCUT2D eigenvalue weighted by Gasteiger charge is -2.27. The van der Waals surface area contributed by atoms with Crippen LogP contribution in [0.4, 0.5) is 0 Å². The lowest BCUT2D eigenvalue weighted by molar-refractivity contribution is 0.262. The van der Waals surface area contributed by atoms with E-state index in [1.54, 1.807) is 0 Å². The maximum absolute atomic E-state index is 5.77. The third-order valence-electron chi connectivity index (χ3n) is 3.37. The molecule has 1 aliphatic heterocycles. The summed E-state index contributed by atoms with van der Waals surface area (Å²) >= 11 is 0. The van der Waals surface area contributed by atoms with Crippen molar-refractivity contribution < 1.29 is 4.74 Å². The quantitative estimate of drug-likeness (QED) is 0.805. The van der Waals surface area contributed by atoms with E-state index in [-0.39, 0.29) is 0 Å². The van der Waals surface area contributed by atoms with Crippen LogP contribution in [0.15, 0.2) is 12.1 Å². The molecule has 1 aromatic rings. The second-order valence-corrected chi connectivity index (χ2v) is 4.34. The van der Waals surface area contributed by atoms with E-state index in [0.717, 1.165) is 31.7 Å². The van der Waals surface area contributed by atoms with Gasteiger partial charge in [0.25, 0.3) is 0 Å². The first-order chi connectivity index (χ1) is 7.24. The van der Waals surface area contributed by atoms with Gasteiger partial charge in [-0.25, -0.2) is 0 Å². The van der Waals surface area contributed by atoms with Crippen molar-refractivity contribution in [2.75, 3.05) is 13.2 Å². The van der Waals surface area contributed by atoms with Gasteiger partial charge in [0.1, 0.15) is 5.75 Å². The molecule has 1 aliphatic rings. The van der Waals surface area contributed by atoms with Crippen LogP contribution in [0.5, 0.6) is 5.75 Å². The first-order valence-corrected chi connectivity index (χ1v) is 5.67. The number of hydrogen-bond donors (Lipinski definition) is 1. The molecule has 1 unspecified atom stereocenters. The van der Waals surface area contributed by atoms with Crippen LogP contribution in [-0.4, -0.2) is 13.2 Å². The molecule has 1 heterocycles. The second kappa shape index (κ2) is 4.23. The molecule has 0 saturated carbocycles. The molecule has 0 fully saturated rings. The molecule has 0 radical (unpaired) electrons. The molecule has 2 N–H and O–H groups in total. The highest BCUT2D eigenvalue weighted by Gasteiger charge is 2.22. The van der Waals surface area contributed by atoms with Gasteiger partial charge in [0.2, 0.25) is 0 Å². The maximum Gasteiger partial charge on any atom is 0.125 e. The zero-order valence-corrected chi connectivity index (χ0v) is 9.55. The predicted octanol–water partition coefficient (Wildman–Crippen LogP) is 2.52. The van der Waals surface area contributed by atoms with Crippen molar-refractivity contribution in [1.29, 1.82) is 0 Å². The molecule has 2 nitrogen and oxygen atoms in total. The highest BCUT2D eigenvalue weighted by Crippen LogP contribution is 2.38. The SMILES string of the molecule is Cc1ccc2c(c1C)OCCC2CCN. The average Bonchev–Trinajstić information content (AvgIpc) is 2.25. The Bertz CT molecular complexity index is 360. The van der Waals surface area contributed by atoms with Crippen molar-refractivity contribution in [3.8, 4) is 5.75 Å². The van der Waals surface area contributed by atoms with Gasteiger partial charge in [-0.2, -0.15) is 0 Å². The molecule has 0 aromatic heterocycles. The minimum absolute atomic E-state index is 0.595. The van der Waals surface area contributed by atoms with Crippen molar-refractivity contribution in [2.45, 2.75) is 32.6 Å². The van der Waals surface area contributed by atoms with Gasteiger partial charge in [0.05, 0.1) is 6.61 Å². The van der Waals surface area contributed by atoms with Crippen molar-refractivity contribution in [3.63, 3.8) is 0 Å². The Morgan fingerprint density at radius 2 is 2.20 bits per heavy atom. The van der Waals surface area contributed by atoms with Gasteiger partial charge in [-0.3, -0.25) is 0 Å². The number of hydrogen-bond acceptors (Lipinski definition) is 2. The van der Waals surface area contributed by atoms with Gasteiger partial charge in [0, 0.05) is 0 Å². The van der Waals surface area contributed by atoms with E-state index in [1.165, 1.54) is 16.7 Å². The molecular formula is C13H19NO. The summed E-state index contributed by atoms with van der Waals surface area (Å²) in [4.78, 5) is 0. The Hall–Kier alpha value is -1.02. The molecule has 0 aliphatic carbocycles. The molecule has 15 heavy (non-hydrogen) atoms. The van der Waals surface area contributed by atoms with Crippen molar-refractivity contribution in [2.24, 2.45) is 5.73 Å². The van der Waals surface area contributed by atoms with Gasteiger partial charge in [-0.15, -0.1) is 0 Å². The van der Waals surface area contributed by atoms with Crippen molar-refractivity contribution in [3.05, 3.63) is 28.8 Å². The van der Waals surface area contributed by atoms with E-state index in [4.69, 9.17) is 10.5 Å². The number of aryl methyl sites for hydroxylation is 1. The summed E-state index contributed by atoms with van der Waals surface area (Å²) in [5.74, 6) is 1.71. The Morgan fingerprint density at radius 1 is 1.40 bits per heavy atom. The largest absolute Gasteiger partial charge is 0.493 e.